The molecule has 1 heterocycles. The van der Waals surface area contributed by atoms with Crippen LogP contribution in [0.4, 0.5) is 5.69 Å². The molecule has 3 N–H and O–H groups in total. The molecule has 0 atom stereocenters. The lowest BCUT2D eigenvalue weighted by Gasteiger charge is -2.14. The number of carbonyl (C=O) groups excluding carboxylic acids is 1. The molecular formula is C25H22Cl2N4O. The number of aliphatic imine (C=N–C) groups is 1. The molecule has 7 heteroatoms. The minimum atomic E-state index is -0.300. The summed E-state index contributed by atoms with van der Waals surface area (Å²) in [4.78, 5) is 20.7. The summed E-state index contributed by atoms with van der Waals surface area (Å²) < 4.78 is 0. The summed E-state index contributed by atoms with van der Waals surface area (Å²) in [6, 6.07) is 20.5. The molecule has 5 nitrogen and oxygen atoms in total. The van der Waals surface area contributed by atoms with Crippen molar-refractivity contribution in [1.29, 1.82) is 0 Å². The highest BCUT2D eigenvalue weighted by Crippen LogP contribution is 2.23. The van der Waals surface area contributed by atoms with Crippen molar-refractivity contribution in [2.24, 2.45) is 4.99 Å². The standard InChI is InChI=1S/C25H22Cl2N4O/c1-16-21(27)9-5-11-22(16)30-25(31-24(32)17-6-4-7-19(26)14-17)28-13-12-18-15-29-23-10-3-2-8-20(18)23/h2-11,14-15,29H,12-13H2,1H3,(H2,28,30,31,32). The fourth-order valence-corrected chi connectivity index (χ4v) is 3.78. The van der Waals surface area contributed by atoms with E-state index in [4.69, 9.17) is 23.2 Å². The van der Waals surface area contributed by atoms with Crippen LogP contribution in [0, 0.1) is 6.92 Å². The molecule has 1 aromatic heterocycles. The van der Waals surface area contributed by atoms with Gasteiger partial charge in [-0.25, -0.2) is 0 Å². The number of hydrogen-bond donors (Lipinski definition) is 3. The molecule has 0 aliphatic rings. The van der Waals surface area contributed by atoms with Gasteiger partial charge < -0.3 is 10.3 Å². The Morgan fingerprint density at radius 3 is 2.69 bits per heavy atom. The zero-order chi connectivity index (χ0) is 22.5. The first-order valence-corrected chi connectivity index (χ1v) is 11.0. The van der Waals surface area contributed by atoms with Crippen molar-refractivity contribution in [1.82, 2.24) is 10.3 Å². The molecule has 0 saturated carbocycles. The average molecular weight is 465 g/mol. The van der Waals surface area contributed by atoms with Gasteiger partial charge in [0.2, 0.25) is 5.96 Å². The highest BCUT2D eigenvalue weighted by Gasteiger charge is 2.12. The predicted molar refractivity (Wildman–Crippen MR) is 133 cm³/mol. The number of nitrogens with zero attached hydrogens (tertiary/aromatic N) is 1. The van der Waals surface area contributed by atoms with Crippen LogP contribution in [0.5, 0.6) is 0 Å². The number of aromatic amines is 1. The van der Waals surface area contributed by atoms with Crippen molar-refractivity contribution in [3.63, 3.8) is 0 Å². The van der Waals surface area contributed by atoms with Gasteiger partial charge >= 0.3 is 0 Å². The molecule has 1 amide bonds. The first-order chi connectivity index (χ1) is 15.5. The van der Waals surface area contributed by atoms with E-state index in [0.29, 0.717) is 28.1 Å². The maximum atomic E-state index is 12.8. The molecule has 0 aliphatic carbocycles. The molecule has 0 radical (unpaired) electrons. The van der Waals surface area contributed by atoms with Crippen LogP contribution in [-0.2, 0) is 6.42 Å². The number of para-hydroxylation sites is 1. The first kappa shape index (κ1) is 21.9. The topological polar surface area (TPSA) is 69.3 Å². The molecule has 4 aromatic rings. The molecule has 0 unspecified atom stereocenters. The molecule has 0 spiro atoms. The van der Waals surface area contributed by atoms with Crippen LogP contribution >= 0.6 is 23.2 Å². The third-order valence-corrected chi connectivity index (χ3v) is 5.81. The van der Waals surface area contributed by atoms with Gasteiger partial charge in [-0.15, -0.1) is 0 Å². The summed E-state index contributed by atoms with van der Waals surface area (Å²) >= 11 is 12.3. The highest BCUT2D eigenvalue weighted by atomic mass is 35.5. The van der Waals surface area contributed by atoms with E-state index in [9.17, 15) is 4.79 Å². The summed E-state index contributed by atoms with van der Waals surface area (Å²) in [5.74, 6) is 0.0470. The molecule has 32 heavy (non-hydrogen) atoms. The Morgan fingerprint density at radius 2 is 1.84 bits per heavy atom. The Bertz CT molecular complexity index is 1300. The second-order valence-corrected chi connectivity index (χ2v) is 8.19. The monoisotopic (exact) mass is 464 g/mol. The zero-order valence-corrected chi connectivity index (χ0v) is 19.0. The summed E-state index contributed by atoms with van der Waals surface area (Å²) in [7, 11) is 0. The van der Waals surface area contributed by atoms with E-state index in [0.717, 1.165) is 23.2 Å². The number of anilines is 1. The number of nitrogens with one attached hydrogen (secondary N) is 3. The van der Waals surface area contributed by atoms with Crippen LogP contribution in [0.1, 0.15) is 21.5 Å². The second kappa shape index (κ2) is 9.90. The van der Waals surface area contributed by atoms with Crippen LogP contribution in [-0.4, -0.2) is 23.4 Å². The number of aromatic nitrogens is 1. The number of guanidine groups is 1. The van der Waals surface area contributed by atoms with Gasteiger partial charge in [0.15, 0.2) is 0 Å². The van der Waals surface area contributed by atoms with Crippen LogP contribution < -0.4 is 10.6 Å². The number of carbonyl (C=O) groups is 1. The normalized spacial score (nSPS) is 11.5. The van der Waals surface area contributed by atoms with Crippen molar-refractivity contribution >= 4 is 51.7 Å². The Labute approximate surface area is 196 Å². The van der Waals surface area contributed by atoms with Gasteiger partial charge in [-0.3, -0.25) is 15.1 Å². The molecular weight excluding hydrogens is 443 g/mol. The lowest BCUT2D eigenvalue weighted by Crippen LogP contribution is -2.36. The summed E-state index contributed by atoms with van der Waals surface area (Å²) in [5, 5.41) is 8.38. The fourth-order valence-electron chi connectivity index (χ4n) is 3.42. The first-order valence-electron chi connectivity index (χ1n) is 10.2. The third kappa shape index (κ3) is 5.13. The summed E-state index contributed by atoms with van der Waals surface area (Å²) in [6.45, 7) is 2.40. The van der Waals surface area contributed by atoms with E-state index in [1.165, 1.54) is 10.9 Å². The van der Waals surface area contributed by atoms with Crippen molar-refractivity contribution in [2.45, 2.75) is 13.3 Å². The van der Waals surface area contributed by atoms with Crippen LogP contribution in [0.25, 0.3) is 10.9 Å². The Kier molecular flexibility index (Phi) is 6.78. The van der Waals surface area contributed by atoms with Crippen molar-refractivity contribution < 1.29 is 4.79 Å². The number of hydrogen-bond acceptors (Lipinski definition) is 2. The molecule has 162 valence electrons. The van der Waals surface area contributed by atoms with Crippen molar-refractivity contribution in [2.75, 3.05) is 11.9 Å². The molecule has 0 fully saturated rings. The fraction of sp³-hybridized carbons (Fsp3) is 0.120. The average Bonchev–Trinajstić information content (AvgIpc) is 3.20. The summed E-state index contributed by atoms with van der Waals surface area (Å²) in [5.41, 5.74) is 4.36. The van der Waals surface area contributed by atoms with E-state index in [-0.39, 0.29) is 5.91 Å². The number of H-pyrrole nitrogens is 1. The lowest BCUT2D eigenvalue weighted by molar-refractivity contribution is 0.0977. The smallest absolute Gasteiger partial charge is 0.258 e. The number of halogens is 2. The van der Waals surface area contributed by atoms with Gasteiger partial charge in [-0.1, -0.05) is 53.5 Å². The largest absolute Gasteiger partial charge is 0.361 e. The van der Waals surface area contributed by atoms with Crippen molar-refractivity contribution in [3.8, 4) is 0 Å². The molecule has 0 aliphatic heterocycles. The van der Waals surface area contributed by atoms with Gasteiger partial charge in [0.25, 0.3) is 5.91 Å². The maximum Gasteiger partial charge on any atom is 0.258 e. The molecule has 4 rings (SSSR count). The van der Waals surface area contributed by atoms with E-state index < -0.39 is 0 Å². The number of benzene rings is 3. The third-order valence-electron chi connectivity index (χ3n) is 5.17. The zero-order valence-electron chi connectivity index (χ0n) is 17.5. The maximum absolute atomic E-state index is 12.8. The predicted octanol–water partition coefficient (Wildman–Crippen LogP) is 6.22. The Balaban J connectivity index is 1.55. The minimum absolute atomic E-state index is 0.300. The SMILES string of the molecule is Cc1c(Cl)cccc1NC(=NCCc1c[nH]c2ccccc12)NC(=O)c1cccc(Cl)c1. The number of amides is 1. The number of rotatable bonds is 5. The molecule has 3 aromatic carbocycles. The quantitative estimate of drug-likeness (QED) is 0.242. The minimum Gasteiger partial charge on any atom is -0.361 e. The van der Waals surface area contributed by atoms with E-state index in [1.807, 2.05) is 49.5 Å². The van der Waals surface area contributed by atoms with E-state index >= 15 is 0 Å². The van der Waals surface area contributed by atoms with E-state index in [1.54, 1.807) is 24.3 Å². The van der Waals surface area contributed by atoms with Gasteiger partial charge in [0.05, 0.1) is 0 Å². The summed E-state index contributed by atoms with van der Waals surface area (Å²) in [6.07, 6.45) is 2.72. The van der Waals surface area contributed by atoms with Gasteiger partial charge in [0, 0.05) is 44.9 Å². The van der Waals surface area contributed by atoms with Gasteiger partial charge in [-0.05, 0) is 60.9 Å². The molecule has 0 saturated heterocycles. The Hall–Kier alpha value is -3.28. The van der Waals surface area contributed by atoms with Crippen LogP contribution in [0.3, 0.4) is 0 Å². The second-order valence-electron chi connectivity index (χ2n) is 7.34. The molecule has 0 bridgehead atoms. The van der Waals surface area contributed by atoms with Crippen LogP contribution in [0.15, 0.2) is 77.9 Å². The number of fused-ring (bicyclic) bond motifs is 1. The van der Waals surface area contributed by atoms with Gasteiger partial charge in [-0.2, -0.15) is 0 Å². The lowest BCUT2D eigenvalue weighted by atomic mass is 10.1. The van der Waals surface area contributed by atoms with Crippen LogP contribution in [0.2, 0.25) is 10.0 Å². The van der Waals surface area contributed by atoms with Gasteiger partial charge in [0.1, 0.15) is 0 Å². The highest BCUT2D eigenvalue weighted by molar-refractivity contribution is 6.32. The Morgan fingerprint density at radius 1 is 1.03 bits per heavy atom. The van der Waals surface area contributed by atoms with Crippen molar-refractivity contribution in [3.05, 3.63) is 99.7 Å². The van der Waals surface area contributed by atoms with E-state index in [2.05, 4.69) is 26.7 Å².